The van der Waals surface area contributed by atoms with Gasteiger partial charge in [-0.05, 0) is 53.0 Å². The number of fused-ring (bicyclic) bond motifs is 1. The number of methoxy groups -OCH3 is 1. The first-order valence-electron chi connectivity index (χ1n) is 7.64. The maximum Gasteiger partial charge on any atom is 0.305 e. The first kappa shape index (κ1) is 17.0. The van der Waals surface area contributed by atoms with E-state index in [-0.39, 0.29) is 24.2 Å². The number of nitrogens with zero attached hydrogens (tertiary/aromatic N) is 1. The molecule has 1 aliphatic rings. The highest BCUT2D eigenvalue weighted by molar-refractivity contribution is 9.10. The molecule has 128 valence electrons. The van der Waals surface area contributed by atoms with Crippen LogP contribution in [0.3, 0.4) is 0 Å². The van der Waals surface area contributed by atoms with Crippen LogP contribution in [0.15, 0.2) is 27.1 Å². The number of halogens is 1. The topological polar surface area (TPSA) is 80.0 Å². The van der Waals surface area contributed by atoms with Crippen molar-refractivity contribution in [2.45, 2.75) is 31.9 Å². The smallest absolute Gasteiger partial charge is 0.305 e. The third-order valence-electron chi connectivity index (χ3n) is 4.31. The minimum absolute atomic E-state index is 0.103. The number of carbonyl (C=O) groups is 2. The number of furan rings is 1. The van der Waals surface area contributed by atoms with Crippen LogP contribution in [0, 0.1) is 6.92 Å². The summed E-state index contributed by atoms with van der Waals surface area (Å²) in [5, 5.41) is 9.91. The van der Waals surface area contributed by atoms with Crippen LogP contribution in [0.2, 0.25) is 0 Å². The summed E-state index contributed by atoms with van der Waals surface area (Å²) >= 11 is 3.44. The van der Waals surface area contributed by atoms with Crippen LogP contribution in [0.1, 0.15) is 29.0 Å². The second-order valence-electron chi connectivity index (χ2n) is 6.08. The monoisotopic (exact) mass is 395 g/mol. The number of aliphatic carboxylic acids is 1. The number of carbonyl (C=O) groups excluding carboxylic acids is 1. The molecule has 2 aromatic rings. The number of hydrogen-bond acceptors (Lipinski definition) is 4. The summed E-state index contributed by atoms with van der Waals surface area (Å²) in [6.45, 7) is 2.33. The lowest BCUT2D eigenvalue weighted by Gasteiger charge is -2.21. The van der Waals surface area contributed by atoms with E-state index in [0.29, 0.717) is 18.5 Å². The Bertz CT molecular complexity index is 800. The van der Waals surface area contributed by atoms with Gasteiger partial charge in [0.2, 0.25) is 0 Å². The van der Waals surface area contributed by atoms with Crippen LogP contribution in [0.4, 0.5) is 0 Å². The summed E-state index contributed by atoms with van der Waals surface area (Å²) in [6.07, 6.45) is 0.253. The third-order valence-corrected chi connectivity index (χ3v) is 4.90. The number of hydrogen-bond donors (Lipinski definition) is 1. The molecule has 0 spiro atoms. The van der Waals surface area contributed by atoms with E-state index >= 15 is 0 Å². The predicted octanol–water partition coefficient (Wildman–Crippen LogP) is 3.21. The van der Waals surface area contributed by atoms with Crippen LogP contribution < -0.4 is 0 Å². The molecule has 1 amide bonds. The molecule has 0 radical (unpaired) electrons. The Morgan fingerprint density at radius 3 is 2.83 bits per heavy atom. The summed E-state index contributed by atoms with van der Waals surface area (Å²) in [4.78, 5) is 25.4. The fourth-order valence-electron chi connectivity index (χ4n) is 3.19. The van der Waals surface area contributed by atoms with Crippen LogP contribution >= 0.6 is 15.9 Å². The average Bonchev–Trinajstić information content (AvgIpc) is 3.10. The van der Waals surface area contributed by atoms with E-state index in [2.05, 4.69) is 15.9 Å². The zero-order valence-electron chi connectivity index (χ0n) is 13.4. The number of benzene rings is 1. The number of likely N-dealkylation sites (tertiary alicyclic amines) is 1. The van der Waals surface area contributed by atoms with Crippen molar-refractivity contribution in [3.05, 3.63) is 34.0 Å². The van der Waals surface area contributed by atoms with Gasteiger partial charge in [-0.1, -0.05) is 0 Å². The van der Waals surface area contributed by atoms with Crippen molar-refractivity contribution in [1.29, 1.82) is 0 Å². The Balaban J connectivity index is 1.92. The van der Waals surface area contributed by atoms with E-state index in [1.165, 1.54) is 0 Å². The van der Waals surface area contributed by atoms with Crippen molar-refractivity contribution >= 4 is 38.8 Å². The SMILES string of the molecule is COC1CC(CC(=O)O)N(C(=O)c2cc3cc(C)cc(Br)c3o2)C1. The fourth-order valence-corrected chi connectivity index (χ4v) is 3.86. The number of amides is 1. The average molecular weight is 396 g/mol. The molecule has 0 aliphatic carbocycles. The maximum absolute atomic E-state index is 12.8. The van der Waals surface area contributed by atoms with E-state index in [4.69, 9.17) is 14.3 Å². The first-order chi connectivity index (χ1) is 11.4. The first-order valence-corrected chi connectivity index (χ1v) is 8.43. The number of ether oxygens (including phenoxy) is 1. The van der Waals surface area contributed by atoms with Gasteiger partial charge in [-0.2, -0.15) is 0 Å². The highest BCUT2D eigenvalue weighted by Crippen LogP contribution is 2.31. The molecule has 0 bridgehead atoms. The van der Waals surface area contributed by atoms with Gasteiger partial charge in [0.05, 0.1) is 17.0 Å². The summed E-state index contributed by atoms with van der Waals surface area (Å²) in [6, 6.07) is 5.17. The van der Waals surface area contributed by atoms with Crippen molar-refractivity contribution in [2.75, 3.05) is 13.7 Å². The van der Waals surface area contributed by atoms with Gasteiger partial charge in [0.25, 0.3) is 5.91 Å². The van der Waals surface area contributed by atoms with E-state index in [1.807, 2.05) is 19.1 Å². The van der Waals surface area contributed by atoms with Gasteiger partial charge in [0.1, 0.15) is 5.58 Å². The molecule has 1 aliphatic heterocycles. The molecule has 7 heteroatoms. The van der Waals surface area contributed by atoms with Crippen molar-refractivity contribution in [3.8, 4) is 0 Å². The second-order valence-corrected chi connectivity index (χ2v) is 6.93. The summed E-state index contributed by atoms with van der Waals surface area (Å²) in [5.74, 6) is -1.03. The molecule has 1 fully saturated rings. The number of carboxylic acids is 1. The van der Waals surface area contributed by atoms with Gasteiger partial charge in [-0.25, -0.2) is 0 Å². The fraction of sp³-hybridized carbons (Fsp3) is 0.412. The maximum atomic E-state index is 12.8. The second kappa shape index (κ2) is 6.57. The van der Waals surface area contributed by atoms with E-state index in [0.717, 1.165) is 15.4 Å². The lowest BCUT2D eigenvalue weighted by atomic mass is 10.1. The van der Waals surface area contributed by atoms with Crippen molar-refractivity contribution in [1.82, 2.24) is 4.90 Å². The highest BCUT2D eigenvalue weighted by Gasteiger charge is 2.38. The van der Waals surface area contributed by atoms with Gasteiger partial charge in [0, 0.05) is 25.1 Å². The molecule has 1 saturated heterocycles. The molecule has 1 N–H and O–H groups in total. The zero-order valence-corrected chi connectivity index (χ0v) is 15.0. The standard InChI is InChI=1S/C17H18BrNO5/c1-9-3-10-5-14(24-16(10)13(18)4-9)17(22)19-8-12(23-2)6-11(19)7-15(20)21/h3-5,11-12H,6-8H2,1-2H3,(H,20,21). The van der Waals surface area contributed by atoms with Gasteiger partial charge in [-0.15, -0.1) is 0 Å². The largest absolute Gasteiger partial charge is 0.481 e. The molecule has 6 nitrogen and oxygen atoms in total. The van der Waals surface area contributed by atoms with Gasteiger partial charge in [-0.3, -0.25) is 9.59 Å². The molecule has 2 atom stereocenters. The Kier molecular flexibility index (Phi) is 4.64. The molecule has 24 heavy (non-hydrogen) atoms. The minimum Gasteiger partial charge on any atom is -0.481 e. The molecule has 2 unspecified atom stereocenters. The zero-order chi connectivity index (χ0) is 17.4. The summed E-state index contributed by atoms with van der Waals surface area (Å²) in [5.41, 5.74) is 1.67. The van der Waals surface area contributed by atoms with Gasteiger partial charge < -0.3 is 19.2 Å². The van der Waals surface area contributed by atoms with E-state index in [9.17, 15) is 9.59 Å². The molecule has 1 aromatic carbocycles. The van der Waals surface area contributed by atoms with Crippen molar-refractivity contribution < 1.29 is 23.8 Å². The highest BCUT2D eigenvalue weighted by atomic mass is 79.9. The van der Waals surface area contributed by atoms with Crippen LogP contribution in [0.5, 0.6) is 0 Å². The number of rotatable bonds is 4. The molecule has 3 rings (SSSR count). The minimum atomic E-state index is -0.933. The third kappa shape index (κ3) is 3.18. The van der Waals surface area contributed by atoms with Crippen molar-refractivity contribution in [3.63, 3.8) is 0 Å². The quantitative estimate of drug-likeness (QED) is 0.859. The Labute approximate surface area is 147 Å². The van der Waals surface area contributed by atoms with Crippen LogP contribution in [0.25, 0.3) is 11.0 Å². The molecule has 2 heterocycles. The van der Waals surface area contributed by atoms with Gasteiger partial charge in [0.15, 0.2) is 5.76 Å². The Morgan fingerprint density at radius 1 is 1.42 bits per heavy atom. The molecule has 1 aromatic heterocycles. The lowest BCUT2D eigenvalue weighted by Crippen LogP contribution is -2.37. The molecule has 0 saturated carbocycles. The summed E-state index contributed by atoms with van der Waals surface area (Å²) < 4.78 is 11.8. The van der Waals surface area contributed by atoms with Gasteiger partial charge >= 0.3 is 5.97 Å². The lowest BCUT2D eigenvalue weighted by molar-refractivity contribution is -0.138. The summed E-state index contributed by atoms with van der Waals surface area (Å²) in [7, 11) is 1.57. The molecular formula is C17H18BrNO5. The van der Waals surface area contributed by atoms with Crippen molar-refractivity contribution in [2.24, 2.45) is 0 Å². The number of carboxylic acid groups (broad SMARTS) is 1. The normalized spacial score (nSPS) is 20.7. The predicted molar refractivity (Wildman–Crippen MR) is 91.1 cm³/mol. The molecular weight excluding hydrogens is 378 g/mol. The Morgan fingerprint density at radius 2 is 2.17 bits per heavy atom. The number of aryl methyl sites for hydroxylation is 1. The van der Waals surface area contributed by atoms with Crippen LogP contribution in [-0.4, -0.2) is 47.7 Å². The van der Waals surface area contributed by atoms with E-state index < -0.39 is 12.0 Å². The van der Waals surface area contributed by atoms with Crippen LogP contribution in [-0.2, 0) is 9.53 Å². The van der Waals surface area contributed by atoms with E-state index in [1.54, 1.807) is 18.1 Å². The Hall–Kier alpha value is -1.86.